The number of carbonyl (C=O) groups excluding carboxylic acids is 15. The van der Waals surface area contributed by atoms with Crippen molar-refractivity contribution in [3.63, 3.8) is 0 Å². The molecule has 0 aromatic heterocycles. The van der Waals surface area contributed by atoms with Gasteiger partial charge in [-0.1, -0.05) is 88.2 Å². The fourth-order valence-corrected chi connectivity index (χ4v) is 13.2. The lowest BCUT2D eigenvalue weighted by Crippen LogP contribution is -2.62. The van der Waals surface area contributed by atoms with Crippen LogP contribution in [0.3, 0.4) is 0 Å². The van der Waals surface area contributed by atoms with Crippen LogP contribution in [-0.2, 0) is 143 Å². The van der Waals surface area contributed by atoms with Gasteiger partial charge in [0, 0.05) is 111 Å². The molecule has 9 rings (SSSR count). The number of hydrogen-bond donors (Lipinski definition) is 8. The summed E-state index contributed by atoms with van der Waals surface area (Å²) in [6.07, 6.45) is -13.4. The molecule has 0 radical (unpaired) electrons. The summed E-state index contributed by atoms with van der Waals surface area (Å²) >= 11 is 9.53. The second kappa shape index (κ2) is 57.9. The highest BCUT2D eigenvalue weighted by Crippen LogP contribution is 2.35. The minimum absolute atomic E-state index is 0.0325. The maximum atomic E-state index is 13.5. The molecule has 130 heavy (non-hydrogen) atoms. The van der Waals surface area contributed by atoms with E-state index in [0.717, 1.165) is 38.8 Å². The molecule has 6 aliphatic rings. The number of nitrogens with one attached hydrogen (secondary N) is 3. The second-order valence-electron chi connectivity index (χ2n) is 29.9. The van der Waals surface area contributed by atoms with Crippen LogP contribution in [0.4, 0.5) is 10.1 Å². The van der Waals surface area contributed by atoms with Gasteiger partial charge in [-0.05, 0) is 83.4 Å². The standard InChI is InChI=1S/C22H25NO10.C20H30N2O7.C12H20O6.C11H17FO5.C11H19NO6.C8H5NO3.CH2Cl2/c1-12-19(30-13(2)25)20(31-14(3)26)21(32-15(4)27)22(29-12)33-23-18(28)10-9-16-5-7-17(11-24)8-6-16;1-13-17(25)18(26)19(27)20(28-13)29-22-16(24)12-8-3-2-7-11-15(23)21-14-9-5-4-6-10-14;1-6-10(17-8(3)13)11(18-9(4)14)7(2)16-12(6)15-5;1-5-9(16-7(3)13)10(17-8(4)14)6(2)15-11(5)12;1-5-9(16-7(3)13)10(17-8(4)14)6(2)15-11(5)18-12;10-7-5-3-1-2-4-6(5)8(11)9(7)12;2-1-3/h5-12,19-22H,1-4H3,(H,23,28);4-6,9-10,13,17-20,25-27H,2-3,7-8,11-12H2,1H3,(H,21,23)(H,22,24);6-7,10-12H,1-5H3;5-6,9-11H,1-4H3;5-6,9-11H,12H2,1-4H3;1-4,12H;1H2/b10-9+;;;;;;/t12-,19+,20+,21-,22-;13-,17+,18+,19-,20-;6-,7-,10-,11+,12+;5-,6-,9-,10+,11+;5-,6-,9-,10+,11-;;/m00000../s1. The first-order chi connectivity index (χ1) is 61.2. The Morgan fingerprint density at radius 3 is 1.22 bits per heavy atom. The van der Waals surface area contributed by atoms with Crippen LogP contribution in [-0.4, -0.2) is 263 Å². The quantitative estimate of drug-likeness (QED) is 0.00508. The first-order valence-corrected chi connectivity index (χ1v) is 41.9. The van der Waals surface area contributed by atoms with Crippen LogP contribution in [0.2, 0.25) is 0 Å². The molecule has 6 heterocycles. The molecule has 0 spiro atoms. The summed E-state index contributed by atoms with van der Waals surface area (Å²) in [6.45, 7) is 24.3. The number of hydrogen-bond acceptors (Lipinski definition) is 38. The maximum absolute atomic E-state index is 13.5. The molecule has 25 atom stereocenters. The molecule has 42 nitrogen and oxygen atoms in total. The molecule has 0 bridgehead atoms. The Balaban J connectivity index is 0.000000411. The highest BCUT2D eigenvalue weighted by atomic mass is 35.5. The van der Waals surface area contributed by atoms with Crippen molar-refractivity contribution >= 4 is 125 Å². The monoisotopic (exact) mass is 1890 g/mol. The number of hydroxylamine groups is 4. The summed E-state index contributed by atoms with van der Waals surface area (Å²) in [4.78, 5) is 185. The number of fused-ring (bicyclic) bond motifs is 1. The molecular weight excluding hydrogens is 1770 g/mol. The lowest BCUT2D eigenvalue weighted by atomic mass is 9.92. The number of carbonyl (C=O) groups is 15. The second-order valence-corrected chi connectivity index (χ2v) is 30.7. The molecule has 0 saturated carbocycles. The number of unbranched alkanes of at least 4 members (excludes halogenated alkanes) is 3. The third-order valence-electron chi connectivity index (χ3n) is 19.3. The van der Waals surface area contributed by atoms with Crippen LogP contribution in [0.25, 0.3) is 6.08 Å². The van der Waals surface area contributed by atoms with Crippen molar-refractivity contribution in [1.29, 1.82) is 0 Å². The minimum Gasteiger partial charge on any atom is -0.458 e. The Hall–Kier alpha value is -10.2. The van der Waals surface area contributed by atoms with Crippen LogP contribution in [0, 0.1) is 17.8 Å². The predicted molar refractivity (Wildman–Crippen MR) is 448 cm³/mol. The number of ether oxygens (including phenoxy) is 15. The fraction of sp³-hybridized carbons (Fsp3) is 0.588. The number of aliphatic hydroxyl groups excluding tert-OH is 3. The third kappa shape index (κ3) is 38.3. The van der Waals surface area contributed by atoms with Gasteiger partial charge >= 0.3 is 53.7 Å². The zero-order chi connectivity index (χ0) is 98.1. The fourth-order valence-electron chi connectivity index (χ4n) is 13.2. The normalized spacial score (nSPS) is 28.6. The number of methoxy groups -OCH3 is 1. The van der Waals surface area contributed by atoms with Crippen LogP contribution < -0.4 is 22.2 Å². The summed E-state index contributed by atoms with van der Waals surface area (Å²) in [5.74, 6) is -3.49. The molecule has 3 aromatic carbocycles. The Morgan fingerprint density at radius 2 is 0.785 bits per heavy atom. The van der Waals surface area contributed by atoms with Gasteiger partial charge in [-0.15, -0.1) is 28.3 Å². The molecule has 3 aromatic rings. The number of benzene rings is 3. The van der Waals surface area contributed by atoms with Gasteiger partial charge < -0.3 is 91.7 Å². The van der Waals surface area contributed by atoms with Gasteiger partial charge in [0.1, 0.15) is 42.9 Å². The molecule has 6 aliphatic heterocycles. The highest BCUT2D eigenvalue weighted by molar-refractivity contribution is 6.40. The smallest absolute Gasteiger partial charge is 0.303 e. The van der Waals surface area contributed by atoms with Gasteiger partial charge in [-0.2, -0.15) is 0 Å². The third-order valence-corrected chi connectivity index (χ3v) is 19.3. The largest absolute Gasteiger partial charge is 0.458 e. The van der Waals surface area contributed by atoms with E-state index >= 15 is 0 Å². The van der Waals surface area contributed by atoms with Crippen molar-refractivity contribution in [2.24, 2.45) is 23.7 Å². The topological polar surface area (TPSA) is 568 Å². The first-order valence-electron chi connectivity index (χ1n) is 40.8. The van der Waals surface area contributed by atoms with E-state index in [-0.39, 0.29) is 51.6 Å². The molecule has 0 unspecified atom stereocenters. The number of amides is 5. The Kier molecular flexibility index (Phi) is 50.7. The van der Waals surface area contributed by atoms with Crippen molar-refractivity contribution in [3.8, 4) is 0 Å². The van der Waals surface area contributed by atoms with Crippen molar-refractivity contribution in [2.75, 3.05) is 17.8 Å². The Bertz CT molecular complexity index is 4100. The van der Waals surface area contributed by atoms with E-state index in [4.69, 9.17) is 115 Å². The predicted octanol–water partition coefficient (Wildman–Crippen LogP) is 6.23. The lowest BCUT2D eigenvalue weighted by Gasteiger charge is -2.42. The van der Waals surface area contributed by atoms with Crippen molar-refractivity contribution < 1.29 is 182 Å². The molecule has 0 aliphatic carbocycles. The number of nitrogens with zero attached hydrogens (tertiary/aromatic N) is 1. The zero-order valence-electron chi connectivity index (χ0n) is 75.0. The maximum Gasteiger partial charge on any atom is 0.303 e. The minimum atomic E-state index is -1.54. The number of anilines is 1. The molecule has 726 valence electrons. The molecule has 5 saturated heterocycles. The van der Waals surface area contributed by atoms with E-state index in [1.54, 1.807) is 71.0 Å². The van der Waals surface area contributed by atoms with Crippen LogP contribution in [0.5, 0.6) is 0 Å². The number of rotatable bonds is 26. The van der Waals surface area contributed by atoms with E-state index < -0.39 is 213 Å². The number of esters is 9. The summed E-state index contributed by atoms with van der Waals surface area (Å²) in [6, 6.07) is 22.0. The number of halogens is 3. The molecule has 9 N–H and O–H groups in total. The van der Waals surface area contributed by atoms with Gasteiger partial charge in [-0.25, -0.2) is 30.9 Å². The number of alkyl halides is 3. The molecule has 45 heteroatoms. The molecule has 5 fully saturated rings. The summed E-state index contributed by atoms with van der Waals surface area (Å²) in [5.41, 5.74) is 6.79. The Labute approximate surface area is 759 Å². The number of aliphatic hydroxyl groups is 3. The lowest BCUT2D eigenvalue weighted by molar-refractivity contribution is -0.311. The summed E-state index contributed by atoms with van der Waals surface area (Å²) < 4.78 is 92.0. The van der Waals surface area contributed by atoms with Crippen molar-refractivity contribution in [2.45, 2.75) is 292 Å². The van der Waals surface area contributed by atoms with E-state index in [0.29, 0.717) is 30.3 Å². The van der Waals surface area contributed by atoms with E-state index in [1.165, 1.54) is 93.7 Å². The van der Waals surface area contributed by atoms with Crippen molar-refractivity contribution in [3.05, 3.63) is 107 Å². The molecular formula is C85H118Cl2FN5O37. The number of nitrogens with two attached hydrogens (primary N) is 1. The first kappa shape index (κ1) is 114. The Morgan fingerprint density at radius 1 is 0.431 bits per heavy atom. The summed E-state index contributed by atoms with van der Waals surface area (Å²) in [5, 5.41) is 41.2. The van der Waals surface area contributed by atoms with Gasteiger partial charge in [0.05, 0.1) is 52.9 Å². The van der Waals surface area contributed by atoms with E-state index in [1.807, 2.05) is 37.3 Å². The van der Waals surface area contributed by atoms with Crippen molar-refractivity contribution in [1.82, 2.24) is 16.0 Å². The van der Waals surface area contributed by atoms with Gasteiger partial charge in [0.15, 0.2) is 49.2 Å². The zero-order valence-corrected chi connectivity index (χ0v) is 76.6. The van der Waals surface area contributed by atoms with Crippen LogP contribution in [0.1, 0.15) is 193 Å². The molecule has 5 amide bonds. The van der Waals surface area contributed by atoms with Gasteiger partial charge in [-0.3, -0.25) is 82.0 Å². The average Bonchev–Trinajstić information content (AvgIpc) is 1.66. The SMILES string of the molecule is CC(=O)O[C@H]1[C@H](C)[C@H](F)O[C@@H](C)[C@H]1OC(C)=O.CC(=O)O[C@H]1[C@H](C)[C@H](ON)O[C@@H](C)[C@H]1OC(C)=O.CC(=O)O[C@H]1[C@H](OC(C)=O)[C@H](ONC(=O)/C=C/c2ccc(C=O)cc2)O[C@@H](C)[C@H]1OC(C)=O.CO[C@@H]1O[C@@H](C)[C@@H](OC(C)=O)[C@@H](OC(C)=O)[C@@H]1C.C[C@@H]1O[C@@H](ONC(=O)CCCCCCC(=O)Nc2ccccc2)[C@@H](O)[C@H](O)[C@@H]1O.ClCCl.O=C1c2ccccc2C(=O)N1O. The number of aldehydes is 1. The van der Waals surface area contributed by atoms with Crippen LogP contribution >= 0.6 is 23.2 Å². The number of para-hydroxylation sites is 1. The summed E-state index contributed by atoms with van der Waals surface area (Å²) in [7, 11) is 1.52. The highest BCUT2D eigenvalue weighted by Gasteiger charge is 2.53. The van der Waals surface area contributed by atoms with Gasteiger partial charge in [0.25, 0.3) is 17.7 Å². The average molecular weight is 1890 g/mol. The van der Waals surface area contributed by atoms with Gasteiger partial charge in [0.2, 0.25) is 30.8 Å². The van der Waals surface area contributed by atoms with E-state index in [9.17, 15) is 91.6 Å². The van der Waals surface area contributed by atoms with Crippen LogP contribution in [0.15, 0.2) is 84.9 Å². The van der Waals surface area contributed by atoms with E-state index in [2.05, 4.69) is 21.1 Å². The number of imide groups is 1.